The van der Waals surface area contributed by atoms with Crippen molar-refractivity contribution in [3.63, 3.8) is 0 Å². The number of rotatable bonds is 8. The molecule has 1 aromatic heterocycles. The molecule has 0 saturated carbocycles. The third kappa shape index (κ3) is 4.51. The zero-order chi connectivity index (χ0) is 15.1. The van der Waals surface area contributed by atoms with Crippen molar-refractivity contribution in [1.82, 2.24) is 5.32 Å². The van der Waals surface area contributed by atoms with E-state index in [1.165, 1.54) is 5.56 Å². The van der Waals surface area contributed by atoms with E-state index in [-0.39, 0.29) is 6.04 Å². The summed E-state index contributed by atoms with van der Waals surface area (Å²) >= 11 is 6.10. The molecule has 0 radical (unpaired) electrons. The van der Waals surface area contributed by atoms with Gasteiger partial charge in [-0.3, -0.25) is 0 Å². The predicted octanol–water partition coefficient (Wildman–Crippen LogP) is 4.62. The second kappa shape index (κ2) is 8.11. The van der Waals surface area contributed by atoms with Gasteiger partial charge in [-0.15, -0.1) is 0 Å². The van der Waals surface area contributed by atoms with Crippen molar-refractivity contribution in [1.29, 1.82) is 0 Å². The predicted molar refractivity (Wildman–Crippen MR) is 86.1 cm³/mol. The van der Waals surface area contributed by atoms with Crippen LogP contribution >= 0.6 is 11.6 Å². The fourth-order valence-corrected chi connectivity index (χ4v) is 2.53. The van der Waals surface area contributed by atoms with Crippen LogP contribution in [-0.2, 0) is 6.42 Å². The van der Waals surface area contributed by atoms with Crippen LogP contribution in [-0.4, -0.2) is 13.7 Å². The lowest BCUT2D eigenvalue weighted by atomic mass is 10.0. The Morgan fingerprint density at radius 3 is 2.86 bits per heavy atom. The van der Waals surface area contributed by atoms with Gasteiger partial charge in [0.05, 0.1) is 18.4 Å². The van der Waals surface area contributed by atoms with Gasteiger partial charge < -0.3 is 14.5 Å². The molecule has 0 bridgehead atoms. The SMILES string of the molecule is CCCNC(CCc1ccco1)c1ccc(Cl)c(OC)c1. The topological polar surface area (TPSA) is 34.4 Å². The zero-order valence-electron chi connectivity index (χ0n) is 12.6. The fraction of sp³-hybridized carbons (Fsp3) is 0.412. The average Bonchev–Trinajstić information content (AvgIpc) is 3.01. The number of aryl methyl sites for hydroxylation is 1. The minimum Gasteiger partial charge on any atom is -0.495 e. The maximum Gasteiger partial charge on any atom is 0.137 e. The quantitative estimate of drug-likeness (QED) is 0.773. The van der Waals surface area contributed by atoms with E-state index in [1.54, 1.807) is 13.4 Å². The lowest BCUT2D eigenvalue weighted by Gasteiger charge is -2.19. The largest absolute Gasteiger partial charge is 0.495 e. The lowest BCUT2D eigenvalue weighted by molar-refractivity contribution is 0.411. The number of hydrogen-bond acceptors (Lipinski definition) is 3. The molecule has 0 aliphatic carbocycles. The summed E-state index contributed by atoms with van der Waals surface area (Å²) in [6.07, 6.45) is 4.69. The van der Waals surface area contributed by atoms with E-state index in [4.69, 9.17) is 20.8 Å². The molecule has 4 heteroatoms. The van der Waals surface area contributed by atoms with Gasteiger partial charge in [-0.2, -0.15) is 0 Å². The van der Waals surface area contributed by atoms with Gasteiger partial charge in [0.25, 0.3) is 0 Å². The van der Waals surface area contributed by atoms with Gasteiger partial charge in [-0.25, -0.2) is 0 Å². The maximum absolute atomic E-state index is 6.10. The Bertz CT molecular complexity index is 540. The fourth-order valence-electron chi connectivity index (χ4n) is 2.34. The summed E-state index contributed by atoms with van der Waals surface area (Å²) in [5.74, 6) is 1.73. The Hall–Kier alpha value is -1.45. The highest BCUT2D eigenvalue weighted by molar-refractivity contribution is 6.32. The summed E-state index contributed by atoms with van der Waals surface area (Å²) in [5, 5.41) is 4.22. The first-order valence-corrected chi connectivity index (χ1v) is 7.71. The molecule has 0 amide bonds. The molecule has 2 rings (SSSR count). The Balaban J connectivity index is 2.10. The summed E-state index contributed by atoms with van der Waals surface area (Å²) in [6.45, 7) is 3.15. The molecule has 0 aliphatic rings. The third-order valence-corrected chi connectivity index (χ3v) is 3.79. The summed E-state index contributed by atoms with van der Waals surface area (Å²) in [4.78, 5) is 0. The number of benzene rings is 1. The van der Waals surface area contributed by atoms with Gasteiger partial charge in [0.15, 0.2) is 0 Å². The maximum atomic E-state index is 6.10. The van der Waals surface area contributed by atoms with Crippen molar-refractivity contribution in [3.8, 4) is 5.75 Å². The minimum absolute atomic E-state index is 0.265. The van der Waals surface area contributed by atoms with Crippen molar-refractivity contribution >= 4 is 11.6 Å². The van der Waals surface area contributed by atoms with E-state index in [0.717, 1.165) is 37.3 Å². The standard InChI is InChI=1S/C17H22ClNO2/c1-3-10-19-16(9-7-14-5-4-11-21-14)13-6-8-15(18)17(12-13)20-2/h4-6,8,11-12,16,19H,3,7,9-10H2,1-2H3. The molecule has 0 saturated heterocycles. The molecule has 1 heterocycles. The number of hydrogen-bond donors (Lipinski definition) is 1. The smallest absolute Gasteiger partial charge is 0.137 e. The van der Waals surface area contributed by atoms with Gasteiger partial charge in [0.2, 0.25) is 0 Å². The highest BCUT2D eigenvalue weighted by Gasteiger charge is 2.13. The first-order chi connectivity index (χ1) is 10.2. The second-order valence-electron chi connectivity index (χ2n) is 5.02. The van der Waals surface area contributed by atoms with E-state index < -0.39 is 0 Å². The van der Waals surface area contributed by atoms with Crippen molar-refractivity contribution in [2.75, 3.05) is 13.7 Å². The van der Waals surface area contributed by atoms with Crippen LogP contribution in [0.15, 0.2) is 41.0 Å². The molecule has 1 N–H and O–H groups in total. The van der Waals surface area contributed by atoms with Gasteiger partial charge in [0, 0.05) is 12.5 Å². The Morgan fingerprint density at radius 1 is 1.33 bits per heavy atom. The van der Waals surface area contributed by atoms with Crippen molar-refractivity contribution < 1.29 is 9.15 Å². The van der Waals surface area contributed by atoms with Crippen LogP contribution in [0.4, 0.5) is 0 Å². The molecule has 114 valence electrons. The van der Waals surface area contributed by atoms with Crippen LogP contribution in [0.1, 0.15) is 37.1 Å². The number of ether oxygens (including phenoxy) is 1. The molecular weight excluding hydrogens is 286 g/mol. The first-order valence-electron chi connectivity index (χ1n) is 7.33. The van der Waals surface area contributed by atoms with Crippen molar-refractivity contribution in [2.24, 2.45) is 0 Å². The van der Waals surface area contributed by atoms with E-state index >= 15 is 0 Å². The van der Waals surface area contributed by atoms with Crippen LogP contribution in [0.3, 0.4) is 0 Å². The number of halogens is 1. The second-order valence-corrected chi connectivity index (χ2v) is 5.43. The van der Waals surface area contributed by atoms with Gasteiger partial charge >= 0.3 is 0 Å². The van der Waals surface area contributed by atoms with Crippen LogP contribution < -0.4 is 10.1 Å². The molecule has 0 aliphatic heterocycles. The molecule has 3 nitrogen and oxygen atoms in total. The number of furan rings is 1. The van der Waals surface area contributed by atoms with Crippen LogP contribution in [0.5, 0.6) is 5.75 Å². The molecule has 1 unspecified atom stereocenters. The molecule has 0 spiro atoms. The molecule has 21 heavy (non-hydrogen) atoms. The monoisotopic (exact) mass is 307 g/mol. The number of methoxy groups -OCH3 is 1. The van der Waals surface area contributed by atoms with Gasteiger partial charge in [-0.05, 0) is 49.2 Å². The van der Waals surface area contributed by atoms with Crippen molar-refractivity contribution in [2.45, 2.75) is 32.2 Å². The Labute approximate surface area is 131 Å². The lowest BCUT2D eigenvalue weighted by Crippen LogP contribution is -2.22. The highest BCUT2D eigenvalue weighted by Crippen LogP contribution is 2.29. The van der Waals surface area contributed by atoms with Crippen LogP contribution in [0.2, 0.25) is 5.02 Å². The number of nitrogens with one attached hydrogen (secondary N) is 1. The minimum atomic E-state index is 0.265. The average molecular weight is 308 g/mol. The van der Waals surface area contributed by atoms with Gasteiger partial charge in [-0.1, -0.05) is 24.6 Å². The Morgan fingerprint density at radius 2 is 2.19 bits per heavy atom. The van der Waals surface area contributed by atoms with E-state index in [9.17, 15) is 0 Å². The molecule has 2 aromatic rings. The summed E-state index contributed by atoms with van der Waals surface area (Å²) in [7, 11) is 1.64. The van der Waals surface area contributed by atoms with E-state index in [2.05, 4.69) is 18.3 Å². The molecule has 1 aromatic carbocycles. The third-order valence-electron chi connectivity index (χ3n) is 3.48. The van der Waals surface area contributed by atoms with E-state index in [0.29, 0.717) is 5.02 Å². The first kappa shape index (κ1) is 15.9. The molecular formula is C17H22ClNO2. The summed E-state index contributed by atoms with van der Waals surface area (Å²) in [6, 6.07) is 10.2. The van der Waals surface area contributed by atoms with E-state index in [1.807, 2.05) is 24.3 Å². The zero-order valence-corrected chi connectivity index (χ0v) is 13.3. The summed E-state index contributed by atoms with van der Waals surface area (Å²) < 4.78 is 10.7. The van der Waals surface area contributed by atoms with Crippen LogP contribution in [0, 0.1) is 0 Å². The van der Waals surface area contributed by atoms with Gasteiger partial charge in [0.1, 0.15) is 11.5 Å². The summed E-state index contributed by atoms with van der Waals surface area (Å²) in [5.41, 5.74) is 1.19. The molecule has 1 atom stereocenters. The van der Waals surface area contributed by atoms with Crippen molar-refractivity contribution in [3.05, 3.63) is 52.9 Å². The molecule has 0 fully saturated rings. The van der Waals surface area contributed by atoms with Crippen LogP contribution in [0.25, 0.3) is 0 Å². The Kier molecular flexibility index (Phi) is 6.15. The highest BCUT2D eigenvalue weighted by atomic mass is 35.5. The normalized spacial score (nSPS) is 12.3.